The Bertz CT molecular complexity index is 1050. The van der Waals surface area contributed by atoms with Gasteiger partial charge in [0.05, 0.1) is 32.7 Å². The number of hydrogen-bond donors (Lipinski definition) is 2. The zero-order valence-corrected chi connectivity index (χ0v) is 16.2. The summed E-state index contributed by atoms with van der Waals surface area (Å²) in [7, 11) is 3.20. The molecule has 0 spiro atoms. The molecular formula is C19H22FN7O2. The molecular weight excluding hydrogens is 377 g/mol. The van der Waals surface area contributed by atoms with E-state index in [-0.39, 0.29) is 6.04 Å². The molecule has 2 unspecified atom stereocenters. The first-order valence-electron chi connectivity index (χ1n) is 9.63. The lowest BCUT2D eigenvalue weighted by Crippen LogP contribution is -2.30. The minimum atomic E-state index is -0.991. The lowest BCUT2D eigenvalue weighted by atomic mass is 10.2. The number of alkyl halides is 1. The molecule has 4 heterocycles. The highest BCUT2D eigenvalue weighted by Crippen LogP contribution is 2.43. The van der Waals surface area contributed by atoms with Crippen LogP contribution in [0.5, 0.6) is 11.5 Å². The molecule has 0 radical (unpaired) electrons. The summed E-state index contributed by atoms with van der Waals surface area (Å²) < 4.78 is 26.7. The molecule has 3 aromatic rings. The normalized spacial score (nSPS) is 21.5. The first kappa shape index (κ1) is 18.0. The molecule has 1 aliphatic carbocycles. The molecule has 0 amide bonds. The SMILES string of the molecule is COc1cnc(NC2CNCC2F)nc1-c1cnc2cc(OC)c(C3CC3)nn12. The standard InChI is InChI=1S/C19H22FN7O2/c1-28-14-5-16-22-8-13(27(16)26-17(14)10-3-4-10)18-15(29-2)9-23-19(25-18)24-12-7-21-6-11(12)20/h5,8-12,21H,3-4,6-7H2,1-2H3,(H,23,24,25). The van der Waals surface area contributed by atoms with Crippen LogP contribution in [0, 0.1) is 0 Å². The van der Waals surface area contributed by atoms with Crippen LogP contribution in [0.3, 0.4) is 0 Å². The van der Waals surface area contributed by atoms with Crippen molar-refractivity contribution in [3.8, 4) is 22.9 Å². The van der Waals surface area contributed by atoms with Crippen molar-refractivity contribution in [3.63, 3.8) is 0 Å². The van der Waals surface area contributed by atoms with E-state index in [1.807, 2.05) is 6.07 Å². The van der Waals surface area contributed by atoms with Crippen molar-refractivity contribution < 1.29 is 13.9 Å². The summed E-state index contributed by atoms with van der Waals surface area (Å²) >= 11 is 0. The molecule has 2 aliphatic rings. The predicted octanol–water partition coefficient (Wildman–Crippen LogP) is 1.80. The fourth-order valence-corrected chi connectivity index (χ4v) is 3.60. The van der Waals surface area contributed by atoms with Crippen LogP contribution < -0.4 is 20.1 Å². The molecule has 9 nitrogen and oxygen atoms in total. The minimum Gasteiger partial charge on any atom is -0.495 e. The summed E-state index contributed by atoms with van der Waals surface area (Å²) in [4.78, 5) is 13.3. The first-order valence-corrected chi connectivity index (χ1v) is 9.63. The van der Waals surface area contributed by atoms with Crippen LogP contribution >= 0.6 is 0 Å². The van der Waals surface area contributed by atoms with Crippen LogP contribution in [-0.2, 0) is 0 Å². The van der Waals surface area contributed by atoms with Crippen molar-refractivity contribution in [2.75, 3.05) is 32.6 Å². The Morgan fingerprint density at radius 2 is 1.97 bits per heavy atom. The Morgan fingerprint density at radius 1 is 1.14 bits per heavy atom. The molecule has 1 saturated carbocycles. The highest BCUT2D eigenvalue weighted by atomic mass is 19.1. The van der Waals surface area contributed by atoms with Gasteiger partial charge in [0.15, 0.2) is 11.4 Å². The van der Waals surface area contributed by atoms with E-state index in [9.17, 15) is 4.39 Å². The van der Waals surface area contributed by atoms with Crippen molar-refractivity contribution in [3.05, 3.63) is 24.2 Å². The molecule has 2 N–H and O–H groups in total. The van der Waals surface area contributed by atoms with Gasteiger partial charge in [0, 0.05) is 25.1 Å². The van der Waals surface area contributed by atoms with E-state index in [2.05, 4.69) is 25.6 Å². The van der Waals surface area contributed by atoms with Gasteiger partial charge in [-0.15, -0.1) is 0 Å². The largest absolute Gasteiger partial charge is 0.495 e. The number of anilines is 1. The maximum Gasteiger partial charge on any atom is 0.223 e. The summed E-state index contributed by atoms with van der Waals surface area (Å²) in [5, 5.41) is 10.9. The molecule has 2 atom stereocenters. The van der Waals surface area contributed by atoms with Crippen molar-refractivity contribution in [1.29, 1.82) is 0 Å². The number of nitrogens with zero attached hydrogens (tertiary/aromatic N) is 5. The average molecular weight is 399 g/mol. The number of hydrogen-bond acceptors (Lipinski definition) is 8. The molecule has 1 aliphatic heterocycles. The second-order valence-electron chi connectivity index (χ2n) is 7.32. The Morgan fingerprint density at radius 3 is 2.66 bits per heavy atom. The van der Waals surface area contributed by atoms with Crippen molar-refractivity contribution in [2.45, 2.75) is 31.0 Å². The molecule has 3 aromatic heterocycles. The van der Waals surface area contributed by atoms with E-state index in [1.54, 1.807) is 31.1 Å². The van der Waals surface area contributed by atoms with Gasteiger partial charge in [-0.05, 0) is 12.8 Å². The quantitative estimate of drug-likeness (QED) is 0.648. The number of imidazole rings is 1. The lowest BCUT2D eigenvalue weighted by Gasteiger charge is -2.15. The third-order valence-corrected chi connectivity index (χ3v) is 5.34. The molecule has 0 aromatic carbocycles. The zero-order valence-electron chi connectivity index (χ0n) is 16.2. The average Bonchev–Trinajstić information content (AvgIpc) is 3.39. The molecule has 152 valence electrons. The van der Waals surface area contributed by atoms with E-state index in [1.165, 1.54) is 0 Å². The van der Waals surface area contributed by atoms with Gasteiger partial charge in [0.25, 0.3) is 0 Å². The molecule has 5 rings (SSSR count). The van der Waals surface area contributed by atoms with Crippen LogP contribution in [0.25, 0.3) is 17.0 Å². The van der Waals surface area contributed by atoms with Gasteiger partial charge in [-0.2, -0.15) is 5.10 Å². The van der Waals surface area contributed by atoms with Gasteiger partial charge in [0.2, 0.25) is 5.95 Å². The maximum absolute atomic E-state index is 14.0. The third kappa shape index (κ3) is 3.23. The van der Waals surface area contributed by atoms with Gasteiger partial charge >= 0.3 is 0 Å². The summed E-state index contributed by atoms with van der Waals surface area (Å²) in [6.45, 7) is 0.844. The number of methoxy groups -OCH3 is 2. The third-order valence-electron chi connectivity index (χ3n) is 5.34. The Labute approximate surface area is 166 Å². The maximum atomic E-state index is 14.0. The second-order valence-corrected chi connectivity index (χ2v) is 7.32. The van der Waals surface area contributed by atoms with Crippen molar-refractivity contribution >= 4 is 11.6 Å². The fourth-order valence-electron chi connectivity index (χ4n) is 3.60. The van der Waals surface area contributed by atoms with E-state index in [4.69, 9.17) is 14.6 Å². The van der Waals surface area contributed by atoms with E-state index in [0.29, 0.717) is 47.7 Å². The number of ether oxygens (including phenoxy) is 2. The highest BCUT2D eigenvalue weighted by molar-refractivity contribution is 5.67. The Kier molecular flexibility index (Phi) is 4.42. The summed E-state index contributed by atoms with van der Waals surface area (Å²) in [6.07, 6.45) is 4.48. The number of halogens is 1. The predicted molar refractivity (Wildman–Crippen MR) is 104 cm³/mol. The molecule has 0 bridgehead atoms. The zero-order chi connectivity index (χ0) is 20.0. The number of nitrogens with one attached hydrogen (secondary N) is 2. The van der Waals surface area contributed by atoms with Gasteiger partial charge < -0.3 is 20.1 Å². The fraction of sp³-hybridized carbons (Fsp3) is 0.474. The number of rotatable bonds is 6. The smallest absolute Gasteiger partial charge is 0.223 e. The number of aromatic nitrogens is 5. The summed E-state index contributed by atoms with van der Waals surface area (Å²) in [5.74, 6) is 1.98. The molecule has 29 heavy (non-hydrogen) atoms. The molecule has 10 heteroatoms. The van der Waals surface area contributed by atoms with E-state index in [0.717, 1.165) is 24.3 Å². The second kappa shape index (κ2) is 7.11. The van der Waals surface area contributed by atoms with Crippen LogP contribution in [0.1, 0.15) is 24.5 Å². The van der Waals surface area contributed by atoms with Crippen molar-refractivity contribution in [2.24, 2.45) is 0 Å². The van der Waals surface area contributed by atoms with Crippen LogP contribution in [0.4, 0.5) is 10.3 Å². The lowest BCUT2D eigenvalue weighted by molar-refractivity contribution is 0.342. The monoisotopic (exact) mass is 399 g/mol. The van der Waals surface area contributed by atoms with Gasteiger partial charge in [-0.25, -0.2) is 23.9 Å². The van der Waals surface area contributed by atoms with E-state index >= 15 is 0 Å². The van der Waals surface area contributed by atoms with Crippen LogP contribution in [-0.4, -0.2) is 64.1 Å². The van der Waals surface area contributed by atoms with Crippen LogP contribution in [0.2, 0.25) is 0 Å². The van der Waals surface area contributed by atoms with Gasteiger partial charge in [-0.3, -0.25) is 0 Å². The van der Waals surface area contributed by atoms with Gasteiger partial charge in [-0.1, -0.05) is 0 Å². The summed E-state index contributed by atoms with van der Waals surface area (Å²) in [6, 6.07) is 1.51. The van der Waals surface area contributed by atoms with E-state index < -0.39 is 6.17 Å². The number of fused-ring (bicyclic) bond motifs is 1. The first-order chi connectivity index (χ1) is 14.2. The molecule has 1 saturated heterocycles. The molecule has 2 fully saturated rings. The highest BCUT2D eigenvalue weighted by Gasteiger charge is 2.30. The minimum absolute atomic E-state index is 0.323. The van der Waals surface area contributed by atoms with Gasteiger partial charge in [0.1, 0.15) is 29.0 Å². The Hall–Kier alpha value is -3.01. The summed E-state index contributed by atoms with van der Waals surface area (Å²) in [5.41, 5.74) is 2.79. The van der Waals surface area contributed by atoms with Crippen molar-refractivity contribution in [1.82, 2.24) is 29.9 Å². The topological polar surface area (TPSA) is 98.5 Å². The van der Waals surface area contributed by atoms with Crippen LogP contribution in [0.15, 0.2) is 18.5 Å². The Balaban J connectivity index is 1.58.